The van der Waals surface area contributed by atoms with Crippen molar-refractivity contribution < 1.29 is 13.2 Å². The molecule has 0 aromatic heterocycles. The molecule has 3 unspecified atom stereocenters. The molecule has 0 radical (unpaired) electrons. The van der Waals surface area contributed by atoms with Crippen LogP contribution >= 0.6 is 0 Å². The number of hydrogen-bond acceptors (Lipinski definition) is 0. The summed E-state index contributed by atoms with van der Waals surface area (Å²) in [7, 11) is 0. The second-order valence-electron chi connectivity index (χ2n) is 7.22. The summed E-state index contributed by atoms with van der Waals surface area (Å²) < 4.78 is 40.0. The van der Waals surface area contributed by atoms with E-state index < -0.39 is 11.6 Å². The number of hydrogen-bond donors (Lipinski definition) is 0. The average Bonchev–Trinajstić information content (AvgIpc) is 2.38. The monoisotopic (exact) mass is 250 g/mol. The molecule has 1 aliphatic carbocycles. The first-order valence-electron chi connectivity index (χ1n) is 6.46. The molecule has 1 fully saturated rings. The number of halogens is 3. The quantitative estimate of drug-likeness (QED) is 0.593. The predicted molar refractivity (Wildman–Crippen MR) is 64.7 cm³/mol. The topological polar surface area (TPSA) is 0 Å². The Morgan fingerprint density at radius 2 is 1.65 bits per heavy atom. The zero-order valence-corrected chi connectivity index (χ0v) is 11.8. The van der Waals surface area contributed by atoms with Gasteiger partial charge >= 0.3 is 6.18 Å². The van der Waals surface area contributed by atoms with Crippen LogP contribution in [0.5, 0.6) is 0 Å². The fraction of sp³-hybridized carbons (Fsp3) is 1.00. The molecule has 0 spiro atoms. The largest absolute Gasteiger partial charge is 0.394 e. The molecule has 0 amide bonds. The molecule has 0 nitrogen and oxygen atoms in total. The van der Waals surface area contributed by atoms with Crippen LogP contribution in [-0.4, -0.2) is 6.18 Å². The van der Waals surface area contributed by atoms with Crippen LogP contribution in [-0.2, 0) is 0 Å². The summed E-state index contributed by atoms with van der Waals surface area (Å²) in [6, 6.07) is 0. The molecule has 0 aromatic rings. The fourth-order valence-corrected chi connectivity index (χ4v) is 3.34. The maximum atomic E-state index is 13.3. The molecule has 4 atom stereocenters. The molecule has 102 valence electrons. The van der Waals surface area contributed by atoms with E-state index in [2.05, 4.69) is 0 Å². The van der Waals surface area contributed by atoms with Gasteiger partial charge in [0.15, 0.2) is 0 Å². The molecular weight excluding hydrogens is 225 g/mol. The van der Waals surface area contributed by atoms with Crippen LogP contribution in [0.2, 0.25) is 0 Å². The molecule has 1 rings (SSSR count). The zero-order valence-electron chi connectivity index (χ0n) is 11.8. The van der Waals surface area contributed by atoms with E-state index in [4.69, 9.17) is 0 Å². The lowest BCUT2D eigenvalue weighted by Gasteiger charge is -2.42. The number of rotatable bonds is 1. The predicted octanol–water partition coefficient (Wildman–Crippen LogP) is 5.28. The third-order valence-corrected chi connectivity index (χ3v) is 4.86. The summed E-state index contributed by atoms with van der Waals surface area (Å²) in [6.07, 6.45) is -3.10. The standard InChI is InChI=1S/C14H25F3/c1-9-7-11(10(2)12(3,4)5)13(6,8-9)14(15,16)17/h9-11H,7-8H2,1-6H3/t9-,10?,11?,13?/m1/s1. The van der Waals surface area contributed by atoms with E-state index in [1.165, 1.54) is 6.92 Å². The van der Waals surface area contributed by atoms with Gasteiger partial charge < -0.3 is 0 Å². The highest BCUT2D eigenvalue weighted by Gasteiger charge is 2.61. The van der Waals surface area contributed by atoms with Crippen LogP contribution in [0, 0.1) is 28.6 Å². The Balaban J connectivity index is 3.06. The van der Waals surface area contributed by atoms with Gasteiger partial charge in [-0.1, -0.05) is 41.5 Å². The fourth-order valence-electron chi connectivity index (χ4n) is 3.34. The van der Waals surface area contributed by atoms with Crippen molar-refractivity contribution >= 4 is 0 Å². The molecule has 1 saturated carbocycles. The van der Waals surface area contributed by atoms with Crippen LogP contribution in [0.15, 0.2) is 0 Å². The van der Waals surface area contributed by atoms with Gasteiger partial charge in [0.2, 0.25) is 0 Å². The van der Waals surface area contributed by atoms with Crippen molar-refractivity contribution in [3.63, 3.8) is 0 Å². The van der Waals surface area contributed by atoms with Crippen LogP contribution in [0.25, 0.3) is 0 Å². The lowest BCUT2D eigenvalue weighted by atomic mass is 9.65. The normalized spacial score (nSPS) is 37.2. The molecule has 1 aliphatic rings. The molecule has 0 aliphatic heterocycles. The summed E-state index contributed by atoms with van der Waals surface area (Å²) in [4.78, 5) is 0. The Hall–Kier alpha value is -0.210. The molecule has 0 bridgehead atoms. The van der Waals surface area contributed by atoms with Crippen molar-refractivity contribution in [1.82, 2.24) is 0 Å². The van der Waals surface area contributed by atoms with Crippen molar-refractivity contribution in [2.45, 2.75) is 60.6 Å². The minimum atomic E-state index is -4.08. The first kappa shape index (κ1) is 14.8. The van der Waals surface area contributed by atoms with Crippen LogP contribution in [0.4, 0.5) is 13.2 Å². The summed E-state index contributed by atoms with van der Waals surface area (Å²) in [5.74, 6) is 0.00741. The van der Waals surface area contributed by atoms with Gasteiger partial charge in [-0.25, -0.2) is 0 Å². The summed E-state index contributed by atoms with van der Waals surface area (Å²) in [5.41, 5.74) is -1.57. The smallest absolute Gasteiger partial charge is 0.171 e. The Labute approximate surface area is 103 Å². The van der Waals surface area contributed by atoms with Gasteiger partial charge in [-0.3, -0.25) is 0 Å². The summed E-state index contributed by atoms with van der Waals surface area (Å²) in [6.45, 7) is 11.5. The highest BCUT2D eigenvalue weighted by molar-refractivity contribution is 5.00. The van der Waals surface area contributed by atoms with Gasteiger partial charge in [-0.05, 0) is 36.0 Å². The Morgan fingerprint density at radius 1 is 1.18 bits per heavy atom. The average molecular weight is 250 g/mol. The minimum absolute atomic E-state index is 0.0682. The van der Waals surface area contributed by atoms with Crippen molar-refractivity contribution in [2.75, 3.05) is 0 Å². The maximum Gasteiger partial charge on any atom is 0.394 e. The van der Waals surface area contributed by atoms with Gasteiger partial charge in [0.05, 0.1) is 5.41 Å². The summed E-state index contributed by atoms with van der Waals surface area (Å²) in [5, 5.41) is 0. The van der Waals surface area contributed by atoms with E-state index in [0.29, 0.717) is 6.42 Å². The second-order valence-corrected chi connectivity index (χ2v) is 7.22. The van der Waals surface area contributed by atoms with Crippen molar-refractivity contribution in [3.05, 3.63) is 0 Å². The van der Waals surface area contributed by atoms with Gasteiger partial charge in [-0.15, -0.1) is 0 Å². The number of alkyl halides is 3. The highest BCUT2D eigenvalue weighted by atomic mass is 19.4. The van der Waals surface area contributed by atoms with Crippen molar-refractivity contribution in [3.8, 4) is 0 Å². The zero-order chi connectivity index (χ0) is 13.6. The van der Waals surface area contributed by atoms with E-state index in [1.807, 2.05) is 34.6 Å². The van der Waals surface area contributed by atoms with Crippen LogP contribution < -0.4 is 0 Å². The molecule has 0 N–H and O–H groups in total. The Morgan fingerprint density at radius 3 is 2.00 bits per heavy atom. The van der Waals surface area contributed by atoms with Crippen LogP contribution in [0.3, 0.4) is 0 Å². The van der Waals surface area contributed by atoms with Gasteiger partial charge in [0.25, 0.3) is 0 Å². The third-order valence-electron chi connectivity index (χ3n) is 4.86. The third kappa shape index (κ3) is 2.63. The van der Waals surface area contributed by atoms with Crippen molar-refractivity contribution in [1.29, 1.82) is 0 Å². The van der Waals surface area contributed by atoms with E-state index in [1.54, 1.807) is 0 Å². The molecule has 17 heavy (non-hydrogen) atoms. The van der Waals surface area contributed by atoms with Crippen molar-refractivity contribution in [2.24, 2.45) is 28.6 Å². The van der Waals surface area contributed by atoms with Gasteiger partial charge in [0.1, 0.15) is 0 Å². The van der Waals surface area contributed by atoms with Gasteiger partial charge in [-0.2, -0.15) is 13.2 Å². The van der Waals surface area contributed by atoms with E-state index in [-0.39, 0.29) is 29.6 Å². The molecular formula is C14H25F3. The molecule has 0 aromatic carbocycles. The highest BCUT2D eigenvalue weighted by Crippen LogP contribution is 2.60. The molecule has 0 heterocycles. The lowest BCUT2D eigenvalue weighted by Crippen LogP contribution is -2.43. The van der Waals surface area contributed by atoms with E-state index in [0.717, 1.165) is 0 Å². The maximum absolute atomic E-state index is 13.3. The Bertz CT molecular complexity index is 274. The van der Waals surface area contributed by atoms with E-state index in [9.17, 15) is 13.2 Å². The second kappa shape index (κ2) is 4.17. The first-order chi connectivity index (χ1) is 7.39. The first-order valence-corrected chi connectivity index (χ1v) is 6.46. The summed E-state index contributed by atoms with van der Waals surface area (Å²) >= 11 is 0. The SMILES string of the molecule is CC(C1C[C@@H](C)CC1(C)C(F)(F)F)C(C)(C)C. The molecule has 3 heteroatoms. The lowest BCUT2D eigenvalue weighted by molar-refractivity contribution is -0.238. The van der Waals surface area contributed by atoms with Crippen LogP contribution in [0.1, 0.15) is 54.4 Å². The minimum Gasteiger partial charge on any atom is -0.171 e. The Kier molecular flexibility index (Phi) is 3.64. The van der Waals surface area contributed by atoms with Gasteiger partial charge in [0, 0.05) is 0 Å². The van der Waals surface area contributed by atoms with E-state index >= 15 is 0 Å². The molecule has 0 saturated heterocycles.